The summed E-state index contributed by atoms with van der Waals surface area (Å²) in [5, 5.41) is 4.01. The van der Waals surface area contributed by atoms with Crippen LogP contribution in [0.4, 0.5) is 0 Å². The van der Waals surface area contributed by atoms with Crippen LogP contribution in [0.5, 0.6) is 11.5 Å². The molecule has 5 nitrogen and oxygen atoms in total. The van der Waals surface area contributed by atoms with Gasteiger partial charge in [0.05, 0.1) is 24.9 Å². The smallest absolute Gasteiger partial charge is 0.179 e. The normalized spacial score (nSPS) is 13.6. The van der Waals surface area contributed by atoms with Gasteiger partial charge in [-0.1, -0.05) is 11.6 Å². The number of benzene rings is 1. The predicted octanol–water partition coefficient (Wildman–Crippen LogP) is 3.22. The second-order valence-corrected chi connectivity index (χ2v) is 6.45. The zero-order valence-electron chi connectivity index (χ0n) is 14.3. The van der Waals surface area contributed by atoms with E-state index < -0.39 is 0 Å². The summed E-state index contributed by atoms with van der Waals surface area (Å²) in [4.78, 5) is 4.72. The summed E-state index contributed by atoms with van der Waals surface area (Å²) in [6.45, 7) is 2.72. The maximum Gasteiger partial charge on any atom is 0.179 e. The highest BCUT2D eigenvalue weighted by molar-refractivity contribution is 6.32. The SMILES string of the molecule is COc1cc(CNCCc2cn3c(n2)CCCC3)cc(Cl)c1OC. The first-order valence-corrected chi connectivity index (χ1v) is 8.75. The van der Waals surface area contributed by atoms with Gasteiger partial charge in [-0.25, -0.2) is 4.98 Å². The highest BCUT2D eigenvalue weighted by Crippen LogP contribution is 2.35. The Balaban J connectivity index is 1.53. The molecule has 0 spiro atoms. The van der Waals surface area contributed by atoms with E-state index in [-0.39, 0.29) is 0 Å². The van der Waals surface area contributed by atoms with Crippen LogP contribution in [0.15, 0.2) is 18.3 Å². The predicted molar refractivity (Wildman–Crippen MR) is 95.1 cm³/mol. The first-order chi connectivity index (χ1) is 11.7. The second kappa shape index (κ2) is 7.90. The van der Waals surface area contributed by atoms with Gasteiger partial charge in [0.2, 0.25) is 0 Å². The van der Waals surface area contributed by atoms with E-state index >= 15 is 0 Å². The Kier molecular flexibility index (Phi) is 5.63. The topological polar surface area (TPSA) is 48.3 Å². The molecule has 1 aliphatic rings. The number of hydrogen-bond donors (Lipinski definition) is 1. The highest BCUT2D eigenvalue weighted by Gasteiger charge is 2.12. The lowest BCUT2D eigenvalue weighted by Gasteiger charge is -2.12. The van der Waals surface area contributed by atoms with E-state index in [9.17, 15) is 0 Å². The molecule has 0 aliphatic carbocycles. The molecular formula is C18H24ClN3O2. The summed E-state index contributed by atoms with van der Waals surface area (Å²) >= 11 is 6.23. The van der Waals surface area contributed by atoms with Crippen molar-refractivity contribution in [3.05, 3.63) is 40.4 Å². The van der Waals surface area contributed by atoms with Crippen LogP contribution in [0.3, 0.4) is 0 Å². The van der Waals surface area contributed by atoms with Crippen LogP contribution < -0.4 is 14.8 Å². The minimum atomic E-state index is 0.565. The number of nitrogens with one attached hydrogen (secondary N) is 1. The van der Waals surface area contributed by atoms with E-state index in [0.717, 1.165) is 38.0 Å². The molecule has 3 rings (SSSR count). The van der Waals surface area contributed by atoms with Gasteiger partial charge < -0.3 is 19.4 Å². The quantitative estimate of drug-likeness (QED) is 0.780. The molecule has 0 bridgehead atoms. The third-order valence-corrected chi connectivity index (χ3v) is 4.62. The molecule has 24 heavy (non-hydrogen) atoms. The van der Waals surface area contributed by atoms with Gasteiger partial charge in [-0.05, 0) is 30.5 Å². The molecule has 1 aromatic heterocycles. The van der Waals surface area contributed by atoms with Crippen molar-refractivity contribution >= 4 is 11.6 Å². The number of ether oxygens (including phenoxy) is 2. The maximum atomic E-state index is 6.23. The largest absolute Gasteiger partial charge is 0.493 e. The molecular weight excluding hydrogens is 326 g/mol. The van der Waals surface area contributed by atoms with Crippen molar-refractivity contribution in [2.24, 2.45) is 0 Å². The Morgan fingerprint density at radius 2 is 2.12 bits per heavy atom. The first-order valence-electron chi connectivity index (χ1n) is 8.37. The molecule has 0 amide bonds. The minimum Gasteiger partial charge on any atom is -0.493 e. The number of fused-ring (bicyclic) bond motifs is 1. The zero-order chi connectivity index (χ0) is 16.9. The fraction of sp³-hybridized carbons (Fsp3) is 0.500. The fourth-order valence-corrected chi connectivity index (χ4v) is 3.43. The van der Waals surface area contributed by atoms with Crippen LogP contribution in [0.2, 0.25) is 5.02 Å². The van der Waals surface area contributed by atoms with Crippen molar-refractivity contribution in [2.45, 2.75) is 38.8 Å². The lowest BCUT2D eigenvalue weighted by Crippen LogP contribution is -2.17. The Morgan fingerprint density at radius 3 is 2.88 bits per heavy atom. The molecule has 0 fully saturated rings. The molecule has 1 aromatic carbocycles. The van der Waals surface area contributed by atoms with Crippen LogP contribution in [0.25, 0.3) is 0 Å². The van der Waals surface area contributed by atoms with E-state index in [0.29, 0.717) is 16.5 Å². The summed E-state index contributed by atoms with van der Waals surface area (Å²) in [6, 6.07) is 3.86. The van der Waals surface area contributed by atoms with E-state index in [2.05, 4.69) is 16.1 Å². The summed E-state index contributed by atoms with van der Waals surface area (Å²) in [7, 11) is 3.21. The lowest BCUT2D eigenvalue weighted by atomic mass is 10.2. The Bertz CT molecular complexity index is 676. The molecule has 2 aromatic rings. The molecule has 0 unspecified atom stereocenters. The number of nitrogens with zero attached hydrogens (tertiary/aromatic N) is 2. The Labute approximate surface area is 147 Å². The molecule has 0 saturated carbocycles. The number of methoxy groups -OCH3 is 2. The molecule has 0 atom stereocenters. The van der Waals surface area contributed by atoms with Crippen LogP contribution in [-0.2, 0) is 25.9 Å². The maximum absolute atomic E-state index is 6.23. The van der Waals surface area contributed by atoms with Gasteiger partial charge >= 0.3 is 0 Å². The van der Waals surface area contributed by atoms with Crippen molar-refractivity contribution < 1.29 is 9.47 Å². The van der Waals surface area contributed by atoms with Gasteiger partial charge in [0, 0.05) is 38.7 Å². The van der Waals surface area contributed by atoms with Crippen LogP contribution in [0, 0.1) is 0 Å². The van der Waals surface area contributed by atoms with Crippen molar-refractivity contribution in [3.63, 3.8) is 0 Å². The third-order valence-electron chi connectivity index (χ3n) is 4.34. The summed E-state index contributed by atoms with van der Waals surface area (Å²) in [6.07, 6.45) is 6.76. The highest BCUT2D eigenvalue weighted by atomic mass is 35.5. The van der Waals surface area contributed by atoms with Crippen LogP contribution >= 0.6 is 11.6 Å². The number of hydrogen-bond acceptors (Lipinski definition) is 4. The Morgan fingerprint density at radius 1 is 1.25 bits per heavy atom. The van der Waals surface area contributed by atoms with Crippen LogP contribution in [0.1, 0.15) is 29.9 Å². The molecule has 130 valence electrons. The third kappa shape index (κ3) is 3.84. The van der Waals surface area contributed by atoms with E-state index in [4.69, 9.17) is 26.1 Å². The van der Waals surface area contributed by atoms with Gasteiger partial charge in [0.25, 0.3) is 0 Å². The van der Waals surface area contributed by atoms with Gasteiger partial charge in [-0.3, -0.25) is 0 Å². The molecule has 2 heterocycles. The lowest BCUT2D eigenvalue weighted by molar-refractivity contribution is 0.354. The molecule has 1 N–H and O–H groups in total. The van der Waals surface area contributed by atoms with Crippen molar-refractivity contribution in [2.75, 3.05) is 20.8 Å². The Hall–Kier alpha value is -1.72. The number of rotatable bonds is 7. The average Bonchev–Trinajstić information content (AvgIpc) is 3.01. The zero-order valence-corrected chi connectivity index (χ0v) is 15.0. The van der Waals surface area contributed by atoms with E-state index in [1.54, 1.807) is 14.2 Å². The molecule has 0 saturated heterocycles. The monoisotopic (exact) mass is 349 g/mol. The molecule has 6 heteroatoms. The summed E-state index contributed by atoms with van der Waals surface area (Å²) in [5.41, 5.74) is 2.24. The summed E-state index contributed by atoms with van der Waals surface area (Å²) in [5.74, 6) is 2.47. The number of halogens is 1. The first kappa shape index (κ1) is 17.1. The molecule has 0 radical (unpaired) electrons. The van der Waals surface area contributed by atoms with E-state index in [1.165, 1.54) is 24.4 Å². The van der Waals surface area contributed by atoms with Crippen molar-refractivity contribution in [1.29, 1.82) is 0 Å². The van der Waals surface area contributed by atoms with Gasteiger partial charge in [-0.2, -0.15) is 0 Å². The number of aromatic nitrogens is 2. The van der Waals surface area contributed by atoms with E-state index in [1.807, 2.05) is 12.1 Å². The van der Waals surface area contributed by atoms with Gasteiger partial charge in [0.1, 0.15) is 5.82 Å². The minimum absolute atomic E-state index is 0.565. The second-order valence-electron chi connectivity index (χ2n) is 6.04. The van der Waals surface area contributed by atoms with Gasteiger partial charge in [-0.15, -0.1) is 0 Å². The number of aryl methyl sites for hydroxylation is 2. The van der Waals surface area contributed by atoms with Crippen molar-refractivity contribution in [3.8, 4) is 11.5 Å². The van der Waals surface area contributed by atoms with Gasteiger partial charge in [0.15, 0.2) is 11.5 Å². The number of imidazole rings is 1. The van der Waals surface area contributed by atoms with Crippen molar-refractivity contribution in [1.82, 2.24) is 14.9 Å². The molecule has 1 aliphatic heterocycles. The standard InChI is InChI=1S/C18H24ClN3O2/c1-23-16-10-13(9-15(19)18(16)24-2)11-20-7-6-14-12-22-8-4-3-5-17(22)21-14/h9-10,12,20H,3-8,11H2,1-2H3. The summed E-state index contributed by atoms with van der Waals surface area (Å²) < 4.78 is 12.9. The average molecular weight is 350 g/mol. The van der Waals surface area contributed by atoms with Crippen LogP contribution in [-0.4, -0.2) is 30.3 Å². The fourth-order valence-electron chi connectivity index (χ4n) is 3.11.